The number of benzene rings is 2. The molecule has 5 heteroatoms. The van der Waals surface area contributed by atoms with E-state index in [0.717, 1.165) is 17.9 Å². The first kappa shape index (κ1) is 17.7. The summed E-state index contributed by atoms with van der Waals surface area (Å²) >= 11 is 0. The molecule has 128 valence electrons. The van der Waals surface area contributed by atoms with Gasteiger partial charge in [0.2, 0.25) is 5.91 Å². The van der Waals surface area contributed by atoms with Crippen molar-refractivity contribution in [2.24, 2.45) is 0 Å². The van der Waals surface area contributed by atoms with Crippen molar-refractivity contribution in [3.63, 3.8) is 0 Å². The second-order valence-electron chi connectivity index (χ2n) is 5.47. The maximum atomic E-state index is 12.1. The summed E-state index contributed by atoms with van der Waals surface area (Å²) in [5.41, 5.74) is 1.49. The smallest absolute Gasteiger partial charge is 0.243 e. The molecule has 1 amide bonds. The first-order valence-electron chi connectivity index (χ1n) is 8.05. The molecule has 0 heterocycles. The van der Waals surface area contributed by atoms with Crippen molar-refractivity contribution in [3.8, 4) is 11.5 Å². The third-order valence-electron chi connectivity index (χ3n) is 3.58. The van der Waals surface area contributed by atoms with Crippen molar-refractivity contribution in [1.29, 1.82) is 0 Å². The van der Waals surface area contributed by atoms with Crippen molar-refractivity contribution in [1.82, 2.24) is 0 Å². The van der Waals surface area contributed by atoms with E-state index in [1.165, 1.54) is 0 Å². The standard InChI is InChI=1S/C19H24N2O3/c1-4-14(2)24-16-9-7-8-15(12-16)21-19(22)13-20-17-10-5-6-11-18(17)23-3/h5-12,14,20H,4,13H2,1-3H3,(H,21,22). The molecule has 1 atom stereocenters. The van der Waals surface area contributed by atoms with Gasteiger partial charge in [0.25, 0.3) is 0 Å². The van der Waals surface area contributed by atoms with E-state index in [2.05, 4.69) is 17.6 Å². The highest BCUT2D eigenvalue weighted by Crippen LogP contribution is 2.23. The SMILES string of the molecule is CCC(C)Oc1cccc(NC(=O)CNc2ccccc2OC)c1. The number of anilines is 2. The van der Waals surface area contributed by atoms with Gasteiger partial charge in [-0.25, -0.2) is 0 Å². The molecule has 0 spiro atoms. The van der Waals surface area contributed by atoms with Crippen LogP contribution in [0.3, 0.4) is 0 Å². The number of rotatable bonds is 8. The molecule has 2 aromatic carbocycles. The molecule has 0 fully saturated rings. The summed E-state index contributed by atoms with van der Waals surface area (Å²) < 4.78 is 11.0. The zero-order valence-corrected chi connectivity index (χ0v) is 14.3. The molecule has 2 N–H and O–H groups in total. The predicted molar refractivity (Wildman–Crippen MR) is 96.9 cm³/mol. The summed E-state index contributed by atoms with van der Waals surface area (Å²) in [6.07, 6.45) is 1.07. The molecule has 0 aliphatic carbocycles. The van der Waals surface area contributed by atoms with E-state index in [0.29, 0.717) is 11.4 Å². The zero-order chi connectivity index (χ0) is 17.4. The van der Waals surface area contributed by atoms with Crippen LogP contribution in [0.25, 0.3) is 0 Å². The number of carbonyl (C=O) groups is 1. The van der Waals surface area contributed by atoms with E-state index in [1.54, 1.807) is 7.11 Å². The number of para-hydroxylation sites is 2. The number of hydrogen-bond acceptors (Lipinski definition) is 4. The number of methoxy groups -OCH3 is 1. The van der Waals surface area contributed by atoms with Crippen LogP contribution in [0.5, 0.6) is 11.5 Å². The van der Waals surface area contributed by atoms with Crippen molar-refractivity contribution in [2.75, 3.05) is 24.3 Å². The van der Waals surface area contributed by atoms with Gasteiger partial charge in [0.15, 0.2) is 0 Å². The summed E-state index contributed by atoms with van der Waals surface area (Å²) in [5, 5.41) is 5.93. The number of amides is 1. The third-order valence-corrected chi connectivity index (χ3v) is 3.58. The van der Waals surface area contributed by atoms with E-state index >= 15 is 0 Å². The average molecular weight is 328 g/mol. The van der Waals surface area contributed by atoms with Gasteiger partial charge >= 0.3 is 0 Å². The Balaban J connectivity index is 1.91. The van der Waals surface area contributed by atoms with Crippen LogP contribution in [0.15, 0.2) is 48.5 Å². The van der Waals surface area contributed by atoms with Gasteiger partial charge < -0.3 is 20.1 Å². The van der Waals surface area contributed by atoms with Gasteiger partial charge in [-0.05, 0) is 37.6 Å². The van der Waals surface area contributed by atoms with Gasteiger partial charge in [-0.1, -0.05) is 25.1 Å². The maximum Gasteiger partial charge on any atom is 0.243 e. The Morgan fingerprint density at radius 1 is 1.17 bits per heavy atom. The molecule has 0 bridgehead atoms. The third kappa shape index (κ3) is 5.19. The fourth-order valence-corrected chi connectivity index (χ4v) is 2.13. The second kappa shape index (κ2) is 8.82. The highest BCUT2D eigenvalue weighted by Gasteiger charge is 2.07. The summed E-state index contributed by atoms with van der Waals surface area (Å²) in [6, 6.07) is 14.9. The van der Waals surface area contributed by atoms with Gasteiger partial charge in [-0.3, -0.25) is 4.79 Å². The summed E-state index contributed by atoms with van der Waals surface area (Å²) in [5.74, 6) is 1.32. The van der Waals surface area contributed by atoms with Crippen molar-refractivity contribution in [2.45, 2.75) is 26.4 Å². The molecule has 0 aliphatic rings. The van der Waals surface area contributed by atoms with Crippen molar-refractivity contribution >= 4 is 17.3 Å². The van der Waals surface area contributed by atoms with Gasteiger partial charge in [0.1, 0.15) is 11.5 Å². The summed E-state index contributed by atoms with van der Waals surface area (Å²) in [7, 11) is 1.60. The van der Waals surface area contributed by atoms with Gasteiger partial charge in [-0.15, -0.1) is 0 Å². The minimum absolute atomic E-state index is 0.137. The fraction of sp³-hybridized carbons (Fsp3) is 0.316. The number of hydrogen-bond donors (Lipinski definition) is 2. The molecule has 1 unspecified atom stereocenters. The van der Waals surface area contributed by atoms with Crippen LogP contribution in [-0.4, -0.2) is 25.7 Å². The lowest BCUT2D eigenvalue weighted by Gasteiger charge is -2.14. The normalized spacial score (nSPS) is 11.5. The Morgan fingerprint density at radius 3 is 2.71 bits per heavy atom. The first-order valence-corrected chi connectivity index (χ1v) is 8.05. The molecule has 0 aliphatic heterocycles. The maximum absolute atomic E-state index is 12.1. The Kier molecular flexibility index (Phi) is 6.49. The van der Waals surface area contributed by atoms with Gasteiger partial charge in [0.05, 0.1) is 25.4 Å². The largest absolute Gasteiger partial charge is 0.495 e. The molecular weight excluding hydrogens is 304 g/mol. The van der Waals surface area contributed by atoms with Crippen molar-refractivity contribution in [3.05, 3.63) is 48.5 Å². The van der Waals surface area contributed by atoms with E-state index in [4.69, 9.17) is 9.47 Å². The van der Waals surface area contributed by atoms with E-state index in [-0.39, 0.29) is 18.6 Å². The first-order chi connectivity index (χ1) is 11.6. The Labute approximate surface area is 143 Å². The van der Waals surface area contributed by atoms with Crippen LogP contribution in [0.4, 0.5) is 11.4 Å². The van der Waals surface area contributed by atoms with E-state index in [9.17, 15) is 4.79 Å². The molecule has 5 nitrogen and oxygen atoms in total. The lowest BCUT2D eigenvalue weighted by Crippen LogP contribution is -2.22. The number of carbonyl (C=O) groups excluding carboxylic acids is 1. The van der Waals surface area contributed by atoms with Crippen LogP contribution < -0.4 is 20.1 Å². The van der Waals surface area contributed by atoms with Crippen molar-refractivity contribution < 1.29 is 14.3 Å². The van der Waals surface area contributed by atoms with Gasteiger partial charge in [-0.2, -0.15) is 0 Å². The quantitative estimate of drug-likeness (QED) is 0.771. The Morgan fingerprint density at radius 2 is 1.96 bits per heavy atom. The molecule has 2 rings (SSSR count). The number of nitrogens with one attached hydrogen (secondary N) is 2. The van der Waals surface area contributed by atoms with E-state index < -0.39 is 0 Å². The fourth-order valence-electron chi connectivity index (χ4n) is 2.13. The van der Waals surface area contributed by atoms with E-state index in [1.807, 2.05) is 55.5 Å². The van der Waals surface area contributed by atoms with Crippen LogP contribution >= 0.6 is 0 Å². The molecule has 24 heavy (non-hydrogen) atoms. The Hall–Kier alpha value is -2.69. The average Bonchev–Trinajstić information content (AvgIpc) is 2.60. The predicted octanol–water partition coefficient (Wildman–Crippen LogP) is 3.92. The van der Waals surface area contributed by atoms with Crippen LogP contribution in [0.1, 0.15) is 20.3 Å². The second-order valence-corrected chi connectivity index (χ2v) is 5.47. The highest BCUT2D eigenvalue weighted by molar-refractivity contribution is 5.94. The molecular formula is C19H24N2O3. The lowest BCUT2D eigenvalue weighted by molar-refractivity contribution is -0.114. The molecule has 0 saturated carbocycles. The minimum atomic E-state index is -0.137. The van der Waals surface area contributed by atoms with Crippen LogP contribution in [-0.2, 0) is 4.79 Å². The molecule has 2 aromatic rings. The lowest BCUT2D eigenvalue weighted by atomic mass is 10.2. The monoisotopic (exact) mass is 328 g/mol. The van der Waals surface area contributed by atoms with Crippen LogP contribution in [0, 0.1) is 0 Å². The van der Waals surface area contributed by atoms with Gasteiger partial charge in [0, 0.05) is 11.8 Å². The molecule has 0 aromatic heterocycles. The topological polar surface area (TPSA) is 59.6 Å². The Bertz CT molecular complexity index is 673. The molecule has 0 radical (unpaired) electrons. The summed E-state index contributed by atoms with van der Waals surface area (Å²) in [6.45, 7) is 4.24. The zero-order valence-electron chi connectivity index (χ0n) is 14.3. The number of ether oxygens (including phenoxy) is 2. The molecule has 0 saturated heterocycles. The van der Waals surface area contributed by atoms with Crippen LogP contribution in [0.2, 0.25) is 0 Å². The summed E-state index contributed by atoms with van der Waals surface area (Å²) in [4.78, 5) is 12.1. The highest BCUT2D eigenvalue weighted by atomic mass is 16.5. The minimum Gasteiger partial charge on any atom is -0.495 e.